The molecule has 0 saturated heterocycles. The summed E-state index contributed by atoms with van der Waals surface area (Å²) in [4.78, 5) is 25.8. The predicted octanol–water partition coefficient (Wildman–Crippen LogP) is 1.94. The normalized spacial score (nSPS) is 11.2. The van der Waals surface area contributed by atoms with Crippen LogP contribution >= 0.6 is 0 Å². The fourth-order valence-corrected chi connectivity index (χ4v) is 2.03. The van der Waals surface area contributed by atoms with Gasteiger partial charge in [0.2, 0.25) is 0 Å². The van der Waals surface area contributed by atoms with Crippen LogP contribution in [-0.2, 0) is 0 Å². The van der Waals surface area contributed by atoms with Crippen LogP contribution in [0.3, 0.4) is 0 Å². The highest BCUT2D eigenvalue weighted by atomic mass is 16.4. The lowest BCUT2D eigenvalue weighted by molar-refractivity contribution is 0.0969. The van der Waals surface area contributed by atoms with Gasteiger partial charge in [-0.1, -0.05) is 0 Å². The second-order valence-corrected chi connectivity index (χ2v) is 5.10. The van der Waals surface area contributed by atoms with Gasteiger partial charge in [0, 0.05) is 24.4 Å². The van der Waals surface area contributed by atoms with E-state index in [2.05, 4.69) is 0 Å². The Kier molecular flexibility index (Phi) is 3.90. The van der Waals surface area contributed by atoms with E-state index < -0.39 is 5.63 Å². The topological polar surface area (TPSA) is 70.8 Å². The van der Waals surface area contributed by atoms with Crippen molar-refractivity contribution in [3.63, 3.8) is 0 Å². The number of phenolic OH excluding ortho intramolecular Hbond substituents is 1. The number of carbonyl (C=O) groups excluding carboxylic acids is 1. The van der Waals surface area contributed by atoms with E-state index in [1.807, 2.05) is 19.0 Å². The zero-order valence-corrected chi connectivity index (χ0v) is 11.8. The van der Waals surface area contributed by atoms with Crippen molar-refractivity contribution in [1.29, 1.82) is 0 Å². The number of rotatable bonds is 4. The second kappa shape index (κ2) is 5.46. The number of carbonyl (C=O) groups is 1. The molecule has 2 aromatic rings. The average Bonchev–Trinajstić information content (AvgIpc) is 2.34. The minimum absolute atomic E-state index is 0.0323. The first-order chi connectivity index (χ1) is 9.38. The average molecular weight is 275 g/mol. The Morgan fingerprint density at radius 2 is 2.00 bits per heavy atom. The smallest absolute Gasteiger partial charge is 0.347 e. The van der Waals surface area contributed by atoms with Crippen LogP contribution in [0.2, 0.25) is 0 Å². The zero-order valence-electron chi connectivity index (χ0n) is 11.8. The van der Waals surface area contributed by atoms with E-state index in [4.69, 9.17) is 4.42 Å². The molecule has 0 unspecified atom stereocenters. The third-order valence-electron chi connectivity index (χ3n) is 3.13. The van der Waals surface area contributed by atoms with Gasteiger partial charge in [0.15, 0.2) is 5.78 Å². The van der Waals surface area contributed by atoms with Crippen molar-refractivity contribution in [3.8, 4) is 5.75 Å². The number of hydrogen-bond acceptors (Lipinski definition) is 5. The van der Waals surface area contributed by atoms with Crippen molar-refractivity contribution in [1.82, 2.24) is 4.90 Å². The van der Waals surface area contributed by atoms with Crippen molar-refractivity contribution >= 4 is 16.8 Å². The van der Waals surface area contributed by atoms with Crippen LogP contribution in [0, 0.1) is 6.92 Å². The number of fused-ring (bicyclic) bond motifs is 1. The number of aromatic hydroxyl groups is 1. The van der Waals surface area contributed by atoms with Crippen molar-refractivity contribution in [2.24, 2.45) is 0 Å². The van der Waals surface area contributed by atoms with Crippen molar-refractivity contribution < 1.29 is 14.3 Å². The molecule has 0 atom stereocenters. The number of aryl methyl sites for hydroxylation is 1. The third kappa shape index (κ3) is 2.88. The fourth-order valence-electron chi connectivity index (χ4n) is 2.03. The molecule has 0 radical (unpaired) electrons. The molecule has 5 heteroatoms. The van der Waals surface area contributed by atoms with E-state index >= 15 is 0 Å². The van der Waals surface area contributed by atoms with Crippen LogP contribution in [0.4, 0.5) is 0 Å². The van der Waals surface area contributed by atoms with Gasteiger partial charge in [-0.05, 0) is 38.7 Å². The van der Waals surface area contributed by atoms with Gasteiger partial charge in [-0.3, -0.25) is 4.79 Å². The molecule has 1 aromatic carbocycles. The summed E-state index contributed by atoms with van der Waals surface area (Å²) in [5, 5.41) is 10.2. The Morgan fingerprint density at radius 3 is 2.65 bits per heavy atom. The Morgan fingerprint density at radius 1 is 1.30 bits per heavy atom. The van der Waals surface area contributed by atoms with E-state index in [9.17, 15) is 14.7 Å². The minimum atomic E-state index is -0.661. The van der Waals surface area contributed by atoms with Gasteiger partial charge >= 0.3 is 5.63 Å². The summed E-state index contributed by atoms with van der Waals surface area (Å²) in [6, 6.07) is 4.49. The van der Waals surface area contributed by atoms with E-state index in [-0.39, 0.29) is 29.1 Å². The monoisotopic (exact) mass is 275 g/mol. The largest absolute Gasteiger partial charge is 0.508 e. The molecule has 1 heterocycles. The zero-order chi connectivity index (χ0) is 14.9. The molecule has 0 aliphatic carbocycles. The summed E-state index contributed by atoms with van der Waals surface area (Å²) < 4.78 is 5.13. The molecule has 0 amide bonds. The quantitative estimate of drug-likeness (QED) is 0.682. The number of benzene rings is 1. The predicted molar refractivity (Wildman–Crippen MR) is 76.4 cm³/mol. The van der Waals surface area contributed by atoms with Crippen LogP contribution in [0.5, 0.6) is 5.75 Å². The van der Waals surface area contributed by atoms with Crippen molar-refractivity contribution in [3.05, 3.63) is 39.7 Å². The highest BCUT2D eigenvalue weighted by molar-refractivity contribution is 5.98. The summed E-state index contributed by atoms with van der Waals surface area (Å²) in [5.41, 5.74) is 0.446. The lowest BCUT2D eigenvalue weighted by Gasteiger charge is -2.08. The molecule has 0 saturated carbocycles. The first kappa shape index (κ1) is 14.3. The molecule has 0 spiro atoms. The molecule has 1 N–H and O–H groups in total. The fraction of sp³-hybridized carbons (Fsp3) is 0.333. The van der Waals surface area contributed by atoms with Gasteiger partial charge in [0.25, 0.3) is 0 Å². The van der Waals surface area contributed by atoms with Gasteiger partial charge in [0.05, 0.1) is 0 Å². The van der Waals surface area contributed by atoms with Gasteiger partial charge in [-0.2, -0.15) is 0 Å². The van der Waals surface area contributed by atoms with Gasteiger partial charge in [0.1, 0.15) is 16.9 Å². The van der Waals surface area contributed by atoms with Gasteiger partial charge in [-0.15, -0.1) is 0 Å². The maximum atomic E-state index is 12.1. The molecular weight excluding hydrogens is 258 g/mol. The maximum absolute atomic E-state index is 12.1. The molecule has 5 nitrogen and oxygen atoms in total. The van der Waals surface area contributed by atoms with Crippen LogP contribution in [0.1, 0.15) is 22.3 Å². The molecule has 0 aliphatic rings. The molecule has 20 heavy (non-hydrogen) atoms. The molecule has 106 valence electrons. The Hall–Kier alpha value is -2.14. The van der Waals surface area contributed by atoms with Crippen molar-refractivity contribution in [2.45, 2.75) is 13.3 Å². The highest BCUT2D eigenvalue weighted by Gasteiger charge is 2.15. The van der Waals surface area contributed by atoms with E-state index in [1.54, 1.807) is 19.1 Å². The SMILES string of the molecule is Cc1cc(O)cc2oc(=O)c(C(=O)CCN(C)C)cc12. The molecule has 0 fully saturated rings. The molecule has 0 aliphatic heterocycles. The minimum Gasteiger partial charge on any atom is -0.508 e. The standard InChI is InChI=1S/C15H17NO4/c1-9-6-10(17)7-14-11(9)8-12(15(19)20-14)13(18)4-5-16(2)3/h6-8,17H,4-5H2,1-3H3. The Bertz CT molecular complexity index is 716. The summed E-state index contributed by atoms with van der Waals surface area (Å²) in [5.74, 6) is -0.202. The molecule has 0 bridgehead atoms. The third-order valence-corrected chi connectivity index (χ3v) is 3.13. The summed E-state index contributed by atoms with van der Waals surface area (Å²) >= 11 is 0. The van der Waals surface area contributed by atoms with Crippen LogP contribution in [0.15, 0.2) is 27.4 Å². The lowest BCUT2D eigenvalue weighted by Crippen LogP contribution is -2.20. The lowest BCUT2D eigenvalue weighted by atomic mass is 10.0. The van der Waals surface area contributed by atoms with Crippen LogP contribution < -0.4 is 5.63 Å². The number of hydrogen-bond donors (Lipinski definition) is 1. The number of phenols is 1. The van der Waals surface area contributed by atoms with E-state index in [0.29, 0.717) is 11.9 Å². The number of ketones is 1. The van der Waals surface area contributed by atoms with E-state index in [1.165, 1.54) is 6.07 Å². The summed E-state index contributed by atoms with van der Waals surface area (Å²) in [6.45, 7) is 2.36. The maximum Gasteiger partial charge on any atom is 0.347 e. The number of nitrogens with zero attached hydrogens (tertiary/aromatic N) is 1. The Labute approximate surface area is 116 Å². The summed E-state index contributed by atoms with van der Waals surface area (Å²) in [6.07, 6.45) is 0.264. The van der Waals surface area contributed by atoms with E-state index in [0.717, 1.165) is 5.56 Å². The second-order valence-electron chi connectivity index (χ2n) is 5.10. The van der Waals surface area contributed by atoms with Crippen molar-refractivity contribution in [2.75, 3.05) is 20.6 Å². The first-order valence-corrected chi connectivity index (χ1v) is 6.34. The molecule has 1 aromatic heterocycles. The summed E-state index contributed by atoms with van der Waals surface area (Å²) in [7, 11) is 3.73. The number of Topliss-reactive ketones (excluding diaryl/α,β-unsaturated/α-hetero) is 1. The van der Waals surface area contributed by atoms with Gasteiger partial charge in [-0.25, -0.2) is 4.79 Å². The van der Waals surface area contributed by atoms with Crippen LogP contribution in [-0.4, -0.2) is 36.4 Å². The Balaban J connectivity index is 2.47. The van der Waals surface area contributed by atoms with Gasteiger partial charge < -0.3 is 14.4 Å². The van der Waals surface area contributed by atoms with Crippen LogP contribution in [0.25, 0.3) is 11.0 Å². The first-order valence-electron chi connectivity index (χ1n) is 6.34. The molecular formula is C15H17NO4. The highest BCUT2D eigenvalue weighted by Crippen LogP contribution is 2.24. The molecule has 2 rings (SSSR count).